The number of alkyl carbamates (subject to hydrolysis) is 1. The first-order valence-electron chi connectivity index (χ1n) is 7.31. The summed E-state index contributed by atoms with van der Waals surface area (Å²) in [5, 5.41) is 5.85. The van der Waals surface area contributed by atoms with E-state index in [1.807, 2.05) is 0 Å². The van der Waals surface area contributed by atoms with Gasteiger partial charge in [0.25, 0.3) is 0 Å². The second-order valence-corrected chi connectivity index (χ2v) is 6.36. The molecule has 2 N–H and O–H groups in total. The van der Waals surface area contributed by atoms with Crippen molar-refractivity contribution < 1.29 is 19.1 Å². The molecule has 128 valence electrons. The first kappa shape index (κ1) is 19.1. The largest absolute Gasteiger partial charge is 0.495 e. The monoisotopic (exact) mass is 342 g/mol. The van der Waals surface area contributed by atoms with Gasteiger partial charge in [0, 0.05) is 18.0 Å². The van der Waals surface area contributed by atoms with Gasteiger partial charge in [-0.2, -0.15) is 0 Å². The number of halogens is 1. The Morgan fingerprint density at radius 1 is 1.26 bits per heavy atom. The van der Waals surface area contributed by atoms with E-state index in [0.717, 1.165) is 0 Å². The Labute approximate surface area is 141 Å². The van der Waals surface area contributed by atoms with Crippen molar-refractivity contribution in [1.82, 2.24) is 5.32 Å². The summed E-state index contributed by atoms with van der Waals surface area (Å²) in [6, 6.07) is 4.99. The van der Waals surface area contributed by atoms with Crippen LogP contribution >= 0.6 is 11.6 Å². The van der Waals surface area contributed by atoms with Crippen molar-refractivity contribution in [2.24, 2.45) is 0 Å². The van der Waals surface area contributed by atoms with Crippen LogP contribution in [-0.2, 0) is 9.53 Å². The summed E-state index contributed by atoms with van der Waals surface area (Å²) in [6.07, 6.45) is 0.258. The van der Waals surface area contributed by atoms with E-state index in [9.17, 15) is 9.59 Å². The first-order valence-corrected chi connectivity index (χ1v) is 7.69. The van der Waals surface area contributed by atoms with E-state index < -0.39 is 11.7 Å². The number of carbonyl (C=O) groups is 2. The highest BCUT2D eigenvalue weighted by Crippen LogP contribution is 2.27. The van der Waals surface area contributed by atoms with Crippen molar-refractivity contribution in [1.29, 1.82) is 0 Å². The normalized spacial score (nSPS) is 10.8. The third-order valence-corrected chi connectivity index (χ3v) is 2.92. The van der Waals surface area contributed by atoms with E-state index in [4.69, 9.17) is 21.1 Å². The highest BCUT2D eigenvalue weighted by Gasteiger charge is 2.15. The highest BCUT2D eigenvalue weighted by atomic mass is 35.5. The molecule has 2 amide bonds. The summed E-state index contributed by atoms with van der Waals surface area (Å²) in [5.74, 6) is 0.353. The summed E-state index contributed by atoms with van der Waals surface area (Å²) >= 11 is 5.90. The van der Waals surface area contributed by atoms with Crippen molar-refractivity contribution >= 4 is 29.3 Å². The molecule has 0 fully saturated rings. The molecule has 0 heterocycles. The number of rotatable bonds is 6. The maximum absolute atomic E-state index is 11.9. The number of hydrogen-bond donors (Lipinski definition) is 2. The Kier molecular flexibility index (Phi) is 7.16. The fraction of sp³-hybridized carbons (Fsp3) is 0.500. The van der Waals surface area contributed by atoms with Crippen LogP contribution in [0, 0.1) is 0 Å². The van der Waals surface area contributed by atoms with Crippen LogP contribution in [0.5, 0.6) is 5.75 Å². The van der Waals surface area contributed by atoms with Crippen LogP contribution < -0.4 is 15.4 Å². The second-order valence-electron chi connectivity index (χ2n) is 5.93. The molecule has 0 saturated heterocycles. The fourth-order valence-electron chi connectivity index (χ4n) is 1.74. The van der Waals surface area contributed by atoms with Gasteiger partial charge >= 0.3 is 6.09 Å². The molecule has 0 bridgehead atoms. The molecular weight excluding hydrogens is 320 g/mol. The van der Waals surface area contributed by atoms with Gasteiger partial charge in [0.15, 0.2) is 0 Å². The van der Waals surface area contributed by atoms with Gasteiger partial charge < -0.3 is 20.1 Å². The molecule has 0 atom stereocenters. The fourth-order valence-corrected chi connectivity index (χ4v) is 1.92. The molecular formula is C16H23ClN2O4. The molecule has 0 aliphatic rings. The molecule has 1 aromatic carbocycles. The lowest BCUT2D eigenvalue weighted by atomic mass is 10.2. The zero-order valence-corrected chi connectivity index (χ0v) is 14.6. The molecule has 6 nitrogen and oxygen atoms in total. The van der Waals surface area contributed by atoms with Crippen LogP contribution in [0.3, 0.4) is 0 Å². The Morgan fingerprint density at radius 3 is 2.57 bits per heavy atom. The van der Waals surface area contributed by atoms with Gasteiger partial charge in [-0.3, -0.25) is 4.79 Å². The topological polar surface area (TPSA) is 76.7 Å². The predicted octanol–water partition coefficient (Wildman–Crippen LogP) is 3.59. The maximum atomic E-state index is 11.9. The number of amides is 2. The summed E-state index contributed by atoms with van der Waals surface area (Å²) in [6.45, 7) is 5.73. The number of carbonyl (C=O) groups excluding carboxylic acids is 2. The van der Waals surface area contributed by atoms with Crippen LogP contribution in [0.25, 0.3) is 0 Å². The van der Waals surface area contributed by atoms with Crippen LogP contribution in [0.15, 0.2) is 18.2 Å². The number of anilines is 1. The molecule has 0 unspecified atom stereocenters. The van der Waals surface area contributed by atoms with E-state index in [2.05, 4.69) is 10.6 Å². The molecule has 0 radical (unpaired) electrons. The number of ether oxygens (including phenoxy) is 2. The van der Waals surface area contributed by atoms with Crippen LogP contribution in [0.2, 0.25) is 5.02 Å². The standard InChI is InChI=1S/C16H23ClN2O4/c1-16(2,3)23-15(21)18-9-5-6-14(20)19-12-10-11(17)7-8-13(12)22-4/h7-8,10H,5-6,9H2,1-4H3,(H,18,21)(H,19,20). The molecule has 7 heteroatoms. The minimum absolute atomic E-state index is 0.184. The van der Waals surface area contributed by atoms with E-state index in [0.29, 0.717) is 29.4 Å². The zero-order chi connectivity index (χ0) is 17.5. The SMILES string of the molecule is COc1ccc(Cl)cc1NC(=O)CCCNC(=O)OC(C)(C)C. The van der Waals surface area contributed by atoms with E-state index in [-0.39, 0.29) is 12.3 Å². The highest BCUT2D eigenvalue weighted by molar-refractivity contribution is 6.31. The summed E-state index contributed by atoms with van der Waals surface area (Å²) in [5.41, 5.74) is -0.0185. The lowest BCUT2D eigenvalue weighted by Gasteiger charge is -2.19. The maximum Gasteiger partial charge on any atom is 0.407 e. The predicted molar refractivity (Wildman–Crippen MR) is 90.1 cm³/mol. The molecule has 0 aromatic heterocycles. The molecule has 0 aliphatic heterocycles. The lowest BCUT2D eigenvalue weighted by Crippen LogP contribution is -2.33. The van der Waals surface area contributed by atoms with E-state index in [1.165, 1.54) is 7.11 Å². The molecule has 0 spiro atoms. The van der Waals surface area contributed by atoms with Gasteiger partial charge in [0.05, 0.1) is 12.8 Å². The zero-order valence-electron chi connectivity index (χ0n) is 13.9. The molecule has 23 heavy (non-hydrogen) atoms. The van der Waals surface area contributed by atoms with Crippen molar-refractivity contribution in [2.45, 2.75) is 39.2 Å². The van der Waals surface area contributed by atoms with Crippen LogP contribution in [-0.4, -0.2) is 31.3 Å². The minimum Gasteiger partial charge on any atom is -0.495 e. The average molecular weight is 343 g/mol. The smallest absolute Gasteiger partial charge is 0.407 e. The number of methoxy groups -OCH3 is 1. The number of hydrogen-bond acceptors (Lipinski definition) is 4. The average Bonchev–Trinajstić information content (AvgIpc) is 2.42. The summed E-state index contributed by atoms with van der Waals surface area (Å²) < 4.78 is 10.3. The Hall–Kier alpha value is -1.95. The van der Waals surface area contributed by atoms with Gasteiger partial charge in [-0.05, 0) is 45.4 Å². The first-order chi connectivity index (χ1) is 10.7. The lowest BCUT2D eigenvalue weighted by molar-refractivity contribution is -0.116. The van der Waals surface area contributed by atoms with Gasteiger partial charge in [0.2, 0.25) is 5.91 Å². The number of benzene rings is 1. The third kappa shape index (κ3) is 7.74. The Balaban J connectivity index is 2.35. The molecule has 0 aliphatic carbocycles. The second kappa shape index (κ2) is 8.62. The Morgan fingerprint density at radius 2 is 1.96 bits per heavy atom. The van der Waals surface area contributed by atoms with Gasteiger partial charge in [-0.25, -0.2) is 4.79 Å². The summed E-state index contributed by atoms with van der Waals surface area (Å²) in [7, 11) is 1.52. The van der Waals surface area contributed by atoms with Gasteiger partial charge in [-0.15, -0.1) is 0 Å². The Bertz CT molecular complexity index is 556. The van der Waals surface area contributed by atoms with Crippen molar-refractivity contribution in [3.05, 3.63) is 23.2 Å². The van der Waals surface area contributed by atoms with E-state index in [1.54, 1.807) is 39.0 Å². The van der Waals surface area contributed by atoms with E-state index >= 15 is 0 Å². The van der Waals surface area contributed by atoms with Crippen LogP contribution in [0.4, 0.5) is 10.5 Å². The van der Waals surface area contributed by atoms with Crippen molar-refractivity contribution in [2.75, 3.05) is 19.0 Å². The number of nitrogens with one attached hydrogen (secondary N) is 2. The van der Waals surface area contributed by atoms with Crippen molar-refractivity contribution in [3.63, 3.8) is 0 Å². The minimum atomic E-state index is -0.537. The molecule has 0 saturated carbocycles. The molecule has 1 rings (SSSR count). The van der Waals surface area contributed by atoms with Gasteiger partial charge in [-0.1, -0.05) is 11.6 Å². The quantitative estimate of drug-likeness (QED) is 0.774. The van der Waals surface area contributed by atoms with Crippen molar-refractivity contribution in [3.8, 4) is 5.75 Å². The third-order valence-electron chi connectivity index (χ3n) is 2.68. The van der Waals surface area contributed by atoms with Crippen LogP contribution in [0.1, 0.15) is 33.6 Å². The molecule has 1 aromatic rings. The summed E-state index contributed by atoms with van der Waals surface area (Å²) in [4.78, 5) is 23.4. The van der Waals surface area contributed by atoms with Gasteiger partial charge in [0.1, 0.15) is 11.4 Å².